The first-order valence-corrected chi connectivity index (χ1v) is 6.07. The molecule has 18 heavy (non-hydrogen) atoms. The molecule has 3 rings (SSSR count). The van der Waals surface area contributed by atoms with Crippen LogP contribution in [0.4, 0.5) is 4.39 Å². The highest BCUT2D eigenvalue weighted by Crippen LogP contribution is 2.36. The zero-order chi connectivity index (χ0) is 12.7. The Balaban J connectivity index is 2.22. The fourth-order valence-corrected chi connectivity index (χ4v) is 2.82. The van der Waals surface area contributed by atoms with Crippen LogP contribution >= 0.6 is 11.3 Å². The van der Waals surface area contributed by atoms with Crippen LogP contribution in [0, 0.1) is 5.82 Å². The molecule has 2 N–H and O–H groups in total. The number of fused-ring (bicyclic) bond motifs is 1. The summed E-state index contributed by atoms with van der Waals surface area (Å²) in [6, 6.07) is 9.00. The predicted molar refractivity (Wildman–Crippen MR) is 69.5 cm³/mol. The average Bonchev–Trinajstić information content (AvgIpc) is 2.74. The second kappa shape index (κ2) is 3.96. The summed E-state index contributed by atoms with van der Waals surface area (Å²) < 4.78 is 13.5. The van der Waals surface area contributed by atoms with Gasteiger partial charge in [0.2, 0.25) is 0 Å². The fourth-order valence-electron chi connectivity index (χ4n) is 1.79. The van der Waals surface area contributed by atoms with E-state index in [2.05, 4.69) is 4.98 Å². The van der Waals surface area contributed by atoms with E-state index < -0.39 is 0 Å². The van der Waals surface area contributed by atoms with Gasteiger partial charge in [0, 0.05) is 10.9 Å². The molecule has 0 unspecified atom stereocenters. The van der Waals surface area contributed by atoms with E-state index in [1.165, 1.54) is 23.5 Å². The Morgan fingerprint density at radius 2 is 1.89 bits per heavy atom. The number of hydrogen-bond donors (Lipinski definition) is 2. The van der Waals surface area contributed by atoms with Crippen molar-refractivity contribution >= 4 is 21.6 Å². The summed E-state index contributed by atoms with van der Waals surface area (Å²) in [6.45, 7) is 0. The maximum Gasteiger partial charge on any atom is 0.252 e. The van der Waals surface area contributed by atoms with Crippen LogP contribution in [-0.4, -0.2) is 10.1 Å². The first-order chi connectivity index (χ1) is 8.63. The van der Waals surface area contributed by atoms with E-state index in [0.717, 1.165) is 16.5 Å². The number of aromatic hydroxyl groups is 1. The number of hydrogen-bond acceptors (Lipinski definition) is 3. The quantitative estimate of drug-likeness (QED) is 0.707. The lowest BCUT2D eigenvalue weighted by atomic mass is 10.2. The molecular formula is C13H8FNO2S. The third-order valence-electron chi connectivity index (χ3n) is 2.62. The summed E-state index contributed by atoms with van der Waals surface area (Å²) in [5, 5.41) is 9.69. The Labute approximate surface area is 105 Å². The molecule has 2 aromatic heterocycles. The largest absolute Gasteiger partial charge is 0.506 e. The standard InChI is InChI=1S/C13H8FNO2S/c14-8-3-1-7(2-4-8)11-5-9-13(18-11)10(16)6-12(17)15-9/h1-6H,(H2,15,16,17). The molecule has 1 aromatic carbocycles. The third-order valence-corrected chi connectivity index (χ3v) is 3.83. The maximum absolute atomic E-state index is 12.8. The van der Waals surface area contributed by atoms with Gasteiger partial charge in [0.1, 0.15) is 11.6 Å². The number of halogens is 1. The third kappa shape index (κ3) is 1.78. The fraction of sp³-hybridized carbons (Fsp3) is 0. The van der Waals surface area contributed by atoms with Gasteiger partial charge in [0.15, 0.2) is 0 Å². The van der Waals surface area contributed by atoms with Crippen LogP contribution in [0.5, 0.6) is 5.75 Å². The minimum Gasteiger partial charge on any atom is -0.506 e. The van der Waals surface area contributed by atoms with Gasteiger partial charge in [0.25, 0.3) is 5.56 Å². The van der Waals surface area contributed by atoms with Crippen LogP contribution in [-0.2, 0) is 0 Å². The van der Waals surface area contributed by atoms with Crippen molar-refractivity contribution in [2.75, 3.05) is 0 Å². The summed E-state index contributed by atoms with van der Waals surface area (Å²) in [7, 11) is 0. The van der Waals surface area contributed by atoms with E-state index in [9.17, 15) is 14.3 Å². The average molecular weight is 261 g/mol. The van der Waals surface area contributed by atoms with Crippen molar-refractivity contribution in [3.63, 3.8) is 0 Å². The van der Waals surface area contributed by atoms with Crippen molar-refractivity contribution in [1.29, 1.82) is 0 Å². The predicted octanol–water partition coefficient (Wildman–Crippen LogP) is 3.10. The van der Waals surface area contributed by atoms with Crippen LogP contribution in [0.1, 0.15) is 0 Å². The topological polar surface area (TPSA) is 53.1 Å². The van der Waals surface area contributed by atoms with Gasteiger partial charge >= 0.3 is 0 Å². The van der Waals surface area contributed by atoms with E-state index in [4.69, 9.17) is 0 Å². The van der Waals surface area contributed by atoms with Gasteiger partial charge in [-0.2, -0.15) is 0 Å². The maximum atomic E-state index is 12.8. The van der Waals surface area contributed by atoms with Gasteiger partial charge in [-0.05, 0) is 23.8 Å². The molecule has 0 aliphatic rings. The molecule has 0 radical (unpaired) electrons. The van der Waals surface area contributed by atoms with Crippen LogP contribution in [0.3, 0.4) is 0 Å². The Hall–Kier alpha value is -2.14. The van der Waals surface area contributed by atoms with E-state index in [0.29, 0.717) is 10.2 Å². The molecule has 0 saturated carbocycles. The molecule has 2 heterocycles. The summed E-state index contributed by atoms with van der Waals surface area (Å²) >= 11 is 1.35. The Morgan fingerprint density at radius 3 is 2.61 bits per heavy atom. The second-order valence-electron chi connectivity index (χ2n) is 3.88. The summed E-state index contributed by atoms with van der Waals surface area (Å²) in [5.41, 5.74) is 1.09. The number of benzene rings is 1. The van der Waals surface area contributed by atoms with E-state index in [1.54, 1.807) is 18.2 Å². The highest BCUT2D eigenvalue weighted by molar-refractivity contribution is 7.22. The lowest BCUT2D eigenvalue weighted by molar-refractivity contribution is 0.481. The highest BCUT2D eigenvalue weighted by Gasteiger charge is 2.09. The van der Waals surface area contributed by atoms with Gasteiger partial charge in [-0.25, -0.2) is 4.39 Å². The summed E-state index contributed by atoms with van der Waals surface area (Å²) in [6.07, 6.45) is 0. The molecule has 0 fully saturated rings. The van der Waals surface area contributed by atoms with Crippen molar-refractivity contribution in [3.8, 4) is 16.2 Å². The minimum absolute atomic E-state index is 0.0351. The Kier molecular flexibility index (Phi) is 2.41. The molecule has 3 nitrogen and oxygen atoms in total. The zero-order valence-electron chi connectivity index (χ0n) is 9.11. The SMILES string of the molecule is O=c1cc(O)c2sc(-c3ccc(F)cc3)cc2[nH]1. The number of aromatic amines is 1. The zero-order valence-corrected chi connectivity index (χ0v) is 9.92. The number of thiophene rings is 1. The molecule has 0 aliphatic carbocycles. The first kappa shape index (κ1) is 11.0. The van der Waals surface area contributed by atoms with Crippen LogP contribution in [0.25, 0.3) is 20.7 Å². The lowest BCUT2D eigenvalue weighted by Crippen LogP contribution is -2.01. The van der Waals surface area contributed by atoms with Gasteiger partial charge < -0.3 is 10.1 Å². The second-order valence-corrected chi connectivity index (χ2v) is 4.93. The molecular weight excluding hydrogens is 253 g/mol. The molecule has 0 amide bonds. The van der Waals surface area contributed by atoms with Gasteiger partial charge in [-0.1, -0.05) is 12.1 Å². The molecule has 90 valence electrons. The Bertz CT molecular complexity index is 774. The summed E-state index contributed by atoms with van der Waals surface area (Å²) in [5.74, 6) is -0.330. The highest BCUT2D eigenvalue weighted by atomic mass is 32.1. The lowest BCUT2D eigenvalue weighted by Gasteiger charge is -1.95. The monoisotopic (exact) mass is 261 g/mol. The normalized spacial score (nSPS) is 10.9. The van der Waals surface area contributed by atoms with Crippen LogP contribution in [0.2, 0.25) is 0 Å². The number of pyridine rings is 1. The van der Waals surface area contributed by atoms with Crippen LogP contribution in [0.15, 0.2) is 41.2 Å². The number of H-pyrrole nitrogens is 1. The van der Waals surface area contributed by atoms with E-state index in [1.807, 2.05) is 0 Å². The van der Waals surface area contributed by atoms with Gasteiger partial charge in [-0.15, -0.1) is 11.3 Å². The van der Waals surface area contributed by atoms with Crippen LogP contribution < -0.4 is 5.56 Å². The van der Waals surface area contributed by atoms with Crippen molar-refractivity contribution in [1.82, 2.24) is 4.98 Å². The number of aromatic nitrogens is 1. The number of rotatable bonds is 1. The molecule has 3 aromatic rings. The molecule has 0 aliphatic heterocycles. The van der Waals surface area contributed by atoms with Crippen molar-refractivity contribution in [2.45, 2.75) is 0 Å². The molecule has 0 saturated heterocycles. The van der Waals surface area contributed by atoms with E-state index >= 15 is 0 Å². The van der Waals surface area contributed by atoms with Crippen molar-refractivity contribution < 1.29 is 9.50 Å². The smallest absolute Gasteiger partial charge is 0.252 e. The van der Waals surface area contributed by atoms with Gasteiger partial charge in [-0.3, -0.25) is 4.79 Å². The minimum atomic E-state index is -0.344. The van der Waals surface area contributed by atoms with Crippen molar-refractivity contribution in [3.05, 3.63) is 52.6 Å². The van der Waals surface area contributed by atoms with Gasteiger partial charge in [0.05, 0.1) is 10.2 Å². The van der Waals surface area contributed by atoms with Crippen molar-refractivity contribution in [2.24, 2.45) is 0 Å². The molecule has 0 atom stereocenters. The Morgan fingerprint density at radius 1 is 1.17 bits per heavy atom. The first-order valence-electron chi connectivity index (χ1n) is 5.25. The van der Waals surface area contributed by atoms with E-state index in [-0.39, 0.29) is 17.1 Å². The number of nitrogens with one attached hydrogen (secondary N) is 1. The molecule has 0 spiro atoms. The molecule has 5 heteroatoms. The molecule has 0 bridgehead atoms. The summed E-state index contributed by atoms with van der Waals surface area (Å²) in [4.78, 5) is 14.8.